The maximum atomic E-state index is 13.4. The van der Waals surface area contributed by atoms with Gasteiger partial charge >= 0.3 is 0 Å². The van der Waals surface area contributed by atoms with Gasteiger partial charge in [0, 0.05) is 6.04 Å². The monoisotopic (exact) mass is 301 g/mol. The molecule has 0 radical (unpaired) electrons. The van der Waals surface area contributed by atoms with Crippen LogP contribution in [0.25, 0.3) is 0 Å². The molecule has 2 atom stereocenters. The molecule has 0 heterocycles. The highest BCUT2D eigenvalue weighted by Gasteiger charge is 2.17. The van der Waals surface area contributed by atoms with Crippen molar-refractivity contribution in [3.63, 3.8) is 0 Å². The van der Waals surface area contributed by atoms with Crippen LogP contribution in [0, 0.1) is 11.7 Å². The lowest BCUT2D eigenvalue weighted by Crippen LogP contribution is -2.34. The third-order valence-electron chi connectivity index (χ3n) is 3.27. The molecule has 0 aliphatic rings. The predicted octanol–water partition coefficient (Wildman–Crippen LogP) is 4.15. The Balaban J connectivity index is 2.77. The highest BCUT2D eigenvalue weighted by atomic mass is 79.9. The number of rotatable bonds is 6. The lowest BCUT2D eigenvalue weighted by Gasteiger charge is -2.24. The van der Waals surface area contributed by atoms with Crippen LogP contribution in [0.3, 0.4) is 0 Å². The maximum absolute atomic E-state index is 13.4. The van der Waals surface area contributed by atoms with Crippen molar-refractivity contribution in [2.24, 2.45) is 5.92 Å². The van der Waals surface area contributed by atoms with Gasteiger partial charge in [-0.2, -0.15) is 0 Å². The number of halogens is 2. The van der Waals surface area contributed by atoms with Gasteiger partial charge in [-0.3, -0.25) is 0 Å². The van der Waals surface area contributed by atoms with Crippen molar-refractivity contribution in [3.05, 3.63) is 34.1 Å². The van der Waals surface area contributed by atoms with Gasteiger partial charge in [0.25, 0.3) is 0 Å². The quantitative estimate of drug-likeness (QED) is 0.832. The molecule has 1 nitrogen and oxygen atoms in total. The Morgan fingerprint density at radius 1 is 1.41 bits per heavy atom. The van der Waals surface area contributed by atoms with Crippen molar-refractivity contribution < 1.29 is 4.39 Å². The van der Waals surface area contributed by atoms with Crippen LogP contribution >= 0.6 is 15.9 Å². The average Bonchev–Trinajstić information content (AvgIpc) is 2.31. The van der Waals surface area contributed by atoms with E-state index in [4.69, 9.17) is 0 Å². The molecule has 1 aromatic rings. The summed E-state index contributed by atoms with van der Waals surface area (Å²) in [5.41, 5.74) is 1.03. The zero-order chi connectivity index (χ0) is 12.8. The Kier molecular flexibility index (Phi) is 6.14. The van der Waals surface area contributed by atoms with Crippen LogP contribution < -0.4 is 5.32 Å². The first-order valence-electron chi connectivity index (χ1n) is 6.20. The predicted molar refractivity (Wildman–Crippen MR) is 74.7 cm³/mol. The molecule has 0 aliphatic carbocycles. The fourth-order valence-electron chi connectivity index (χ4n) is 2.19. The van der Waals surface area contributed by atoms with Crippen LogP contribution in [0.15, 0.2) is 22.7 Å². The molecule has 17 heavy (non-hydrogen) atoms. The molecule has 0 fully saturated rings. The van der Waals surface area contributed by atoms with Gasteiger partial charge in [0.05, 0.1) is 4.47 Å². The third kappa shape index (κ3) is 4.07. The van der Waals surface area contributed by atoms with Gasteiger partial charge in [0.2, 0.25) is 0 Å². The lowest BCUT2D eigenvalue weighted by atomic mass is 9.91. The molecule has 0 aromatic heterocycles. The molecule has 1 rings (SSSR count). The number of hydrogen-bond acceptors (Lipinski definition) is 1. The molecule has 0 amide bonds. The zero-order valence-electron chi connectivity index (χ0n) is 10.8. The Hall–Kier alpha value is -0.410. The van der Waals surface area contributed by atoms with Gasteiger partial charge in [-0.1, -0.05) is 32.4 Å². The van der Waals surface area contributed by atoms with Crippen LogP contribution in [0.4, 0.5) is 4.39 Å². The number of likely N-dealkylation sites (N-methyl/N-ethyl adjacent to an activating group) is 1. The van der Waals surface area contributed by atoms with E-state index < -0.39 is 0 Å². The molecule has 0 saturated carbocycles. The van der Waals surface area contributed by atoms with Crippen molar-refractivity contribution in [2.45, 2.75) is 39.2 Å². The van der Waals surface area contributed by atoms with Crippen molar-refractivity contribution in [3.8, 4) is 0 Å². The summed E-state index contributed by atoms with van der Waals surface area (Å²) in [6, 6.07) is 5.63. The van der Waals surface area contributed by atoms with Gasteiger partial charge in [0.15, 0.2) is 0 Å². The normalized spacial score (nSPS) is 14.6. The van der Waals surface area contributed by atoms with Gasteiger partial charge < -0.3 is 5.32 Å². The molecule has 0 aliphatic heterocycles. The second kappa shape index (κ2) is 7.12. The average molecular weight is 302 g/mol. The molecule has 3 heteroatoms. The lowest BCUT2D eigenvalue weighted by molar-refractivity contribution is 0.371. The first kappa shape index (κ1) is 14.7. The topological polar surface area (TPSA) is 12.0 Å². The van der Waals surface area contributed by atoms with Gasteiger partial charge in [-0.15, -0.1) is 0 Å². The first-order valence-corrected chi connectivity index (χ1v) is 6.99. The van der Waals surface area contributed by atoms with E-state index in [2.05, 4.69) is 35.1 Å². The summed E-state index contributed by atoms with van der Waals surface area (Å²) in [6.07, 6.45) is 3.23. The van der Waals surface area contributed by atoms with Gasteiger partial charge in [-0.25, -0.2) is 4.39 Å². The molecular weight excluding hydrogens is 281 g/mol. The Morgan fingerprint density at radius 2 is 2.12 bits per heavy atom. The van der Waals surface area contributed by atoms with E-state index >= 15 is 0 Å². The molecule has 96 valence electrons. The van der Waals surface area contributed by atoms with E-state index in [1.54, 1.807) is 6.07 Å². The van der Waals surface area contributed by atoms with E-state index in [0.717, 1.165) is 12.0 Å². The maximum Gasteiger partial charge on any atom is 0.137 e. The van der Waals surface area contributed by atoms with E-state index in [0.29, 0.717) is 16.4 Å². The van der Waals surface area contributed by atoms with Crippen molar-refractivity contribution in [1.29, 1.82) is 0 Å². The molecule has 0 bridgehead atoms. The Labute approximate surface area is 112 Å². The summed E-state index contributed by atoms with van der Waals surface area (Å²) >= 11 is 3.32. The SMILES string of the molecule is CCCC(C)C(Cc1cccc(F)c1Br)NC. The minimum atomic E-state index is -0.180. The Morgan fingerprint density at radius 3 is 2.71 bits per heavy atom. The standard InChI is InChI=1S/C14H21BrFN/c1-4-6-10(2)13(17-3)9-11-7-5-8-12(16)14(11)15/h5,7-8,10,13,17H,4,6,9H2,1-3H3. The summed E-state index contributed by atoms with van der Waals surface area (Å²) in [4.78, 5) is 0. The van der Waals surface area contributed by atoms with Crippen molar-refractivity contribution in [2.75, 3.05) is 7.05 Å². The zero-order valence-corrected chi connectivity index (χ0v) is 12.3. The number of benzene rings is 1. The highest BCUT2D eigenvalue weighted by Crippen LogP contribution is 2.24. The molecule has 1 N–H and O–H groups in total. The first-order chi connectivity index (χ1) is 8.10. The largest absolute Gasteiger partial charge is 0.316 e. The summed E-state index contributed by atoms with van der Waals surface area (Å²) in [6.45, 7) is 4.44. The van der Waals surface area contributed by atoms with Crippen LogP contribution in [0.2, 0.25) is 0 Å². The minimum absolute atomic E-state index is 0.180. The van der Waals surface area contributed by atoms with E-state index in [1.165, 1.54) is 18.9 Å². The van der Waals surface area contributed by atoms with Crippen LogP contribution in [-0.2, 0) is 6.42 Å². The van der Waals surface area contributed by atoms with Gasteiger partial charge in [-0.05, 0) is 53.4 Å². The third-order valence-corrected chi connectivity index (χ3v) is 4.16. The minimum Gasteiger partial charge on any atom is -0.316 e. The van der Waals surface area contributed by atoms with Crippen molar-refractivity contribution >= 4 is 15.9 Å². The molecule has 0 spiro atoms. The summed E-state index contributed by atoms with van der Waals surface area (Å²) in [7, 11) is 1.98. The van der Waals surface area contributed by atoms with Crippen molar-refractivity contribution in [1.82, 2.24) is 5.32 Å². The highest BCUT2D eigenvalue weighted by molar-refractivity contribution is 9.10. The van der Waals surface area contributed by atoms with E-state index in [9.17, 15) is 4.39 Å². The number of nitrogens with one attached hydrogen (secondary N) is 1. The van der Waals surface area contributed by atoms with Gasteiger partial charge in [0.1, 0.15) is 5.82 Å². The summed E-state index contributed by atoms with van der Waals surface area (Å²) < 4.78 is 14.0. The number of hydrogen-bond donors (Lipinski definition) is 1. The smallest absolute Gasteiger partial charge is 0.137 e. The van der Waals surface area contributed by atoms with Crippen LogP contribution in [0.5, 0.6) is 0 Å². The van der Waals surface area contributed by atoms with E-state index in [1.807, 2.05) is 13.1 Å². The van der Waals surface area contributed by atoms with Crippen LogP contribution in [0.1, 0.15) is 32.3 Å². The second-order valence-corrected chi connectivity index (χ2v) is 5.37. The Bertz CT molecular complexity index is 354. The fourth-order valence-corrected chi connectivity index (χ4v) is 2.61. The van der Waals surface area contributed by atoms with E-state index in [-0.39, 0.29) is 5.82 Å². The molecule has 0 saturated heterocycles. The second-order valence-electron chi connectivity index (χ2n) is 4.58. The molecule has 2 unspecified atom stereocenters. The summed E-state index contributed by atoms with van der Waals surface area (Å²) in [5, 5.41) is 3.34. The van der Waals surface area contributed by atoms with Crippen LogP contribution in [-0.4, -0.2) is 13.1 Å². The summed E-state index contributed by atoms with van der Waals surface area (Å²) in [5.74, 6) is 0.417. The fraction of sp³-hybridized carbons (Fsp3) is 0.571. The molecular formula is C14H21BrFN. The molecule has 1 aromatic carbocycles.